The summed E-state index contributed by atoms with van der Waals surface area (Å²) in [5, 5.41) is 11.7. The molecule has 0 radical (unpaired) electrons. The fraction of sp³-hybridized carbons (Fsp3) is 0.354. The highest BCUT2D eigenvalue weighted by Crippen LogP contribution is 2.29. The van der Waals surface area contributed by atoms with Gasteiger partial charge in [0.1, 0.15) is 31.0 Å². The summed E-state index contributed by atoms with van der Waals surface area (Å²) in [6.45, 7) is 2.84. The van der Waals surface area contributed by atoms with Crippen LogP contribution < -0.4 is 0 Å². The number of ether oxygens (including phenoxy) is 6. The summed E-state index contributed by atoms with van der Waals surface area (Å²) in [5.41, 5.74) is 5.02. The van der Waals surface area contributed by atoms with Crippen LogP contribution in [0.1, 0.15) is 53.5 Å². The van der Waals surface area contributed by atoms with Gasteiger partial charge in [-0.1, -0.05) is 165 Å². The fourth-order valence-corrected chi connectivity index (χ4v) is 6.74. The maximum atomic E-state index is 13.2. The van der Waals surface area contributed by atoms with Crippen molar-refractivity contribution < 1.29 is 38.3 Å². The van der Waals surface area contributed by atoms with Crippen LogP contribution in [0.3, 0.4) is 0 Å². The second-order valence-electron chi connectivity index (χ2n) is 14.3. The lowest BCUT2D eigenvalue weighted by Gasteiger charge is -2.44. The first-order valence-corrected chi connectivity index (χ1v) is 20.0. The molecule has 5 aromatic carbocycles. The van der Waals surface area contributed by atoms with Crippen LogP contribution >= 0.6 is 0 Å². The van der Waals surface area contributed by atoms with E-state index in [1.165, 1.54) is 0 Å². The number of rotatable bonds is 22. The smallest absolute Gasteiger partial charge is 0.410 e. The lowest BCUT2D eigenvalue weighted by atomic mass is 9.98. The first-order valence-electron chi connectivity index (χ1n) is 20.0. The largest absolute Gasteiger partial charge is 0.445 e. The summed E-state index contributed by atoms with van der Waals surface area (Å²) < 4.78 is 37.6. The SMILES string of the molecule is O=C(OCc1ccccc1)N(CCCCCCO[C@@H]1O[C@H](COCc2ccccc2)[C@H](O)[C@H](OCc2ccccc2)[C@H]1OCc1ccccc1)Cc1ccccc1. The number of carbonyl (C=O) groups is 1. The molecule has 5 aromatic rings. The van der Waals surface area contributed by atoms with Gasteiger partial charge in [-0.05, 0) is 40.7 Å². The molecule has 0 aromatic heterocycles. The zero-order chi connectivity index (χ0) is 39.3. The molecule has 0 spiro atoms. The lowest BCUT2D eigenvalue weighted by molar-refractivity contribution is -0.321. The van der Waals surface area contributed by atoms with Gasteiger partial charge in [-0.3, -0.25) is 0 Å². The molecule has 1 fully saturated rings. The van der Waals surface area contributed by atoms with Crippen molar-refractivity contribution in [1.29, 1.82) is 0 Å². The van der Waals surface area contributed by atoms with Gasteiger partial charge in [0.15, 0.2) is 6.29 Å². The van der Waals surface area contributed by atoms with E-state index in [9.17, 15) is 9.90 Å². The van der Waals surface area contributed by atoms with E-state index in [1.54, 1.807) is 4.90 Å². The van der Waals surface area contributed by atoms with Crippen molar-refractivity contribution in [3.63, 3.8) is 0 Å². The van der Waals surface area contributed by atoms with E-state index in [0.29, 0.717) is 39.5 Å². The molecule has 0 saturated carbocycles. The van der Waals surface area contributed by atoms with Crippen LogP contribution in [0.4, 0.5) is 4.79 Å². The molecule has 0 unspecified atom stereocenters. The Labute approximate surface area is 337 Å². The normalized spacial score (nSPS) is 19.2. The summed E-state index contributed by atoms with van der Waals surface area (Å²) in [7, 11) is 0. The molecule has 1 N–H and O–H groups in total. The van der Waals surface area contributed by atoms with Crippen molar-refractivity contribution in [3.05, 3.63) is 179 Å². The zero-order valence-electron chi connectivity index (χ0n) is 32.6. The Balaban J connectivity index is 1.05. The molecular formula is C48H55NO8. The van der Waals surface area contributed by atoms with E-state index in [1.807, 2.05) is 152 Å². The van der Waals surface area contributed by atoms with Crippen molar-refractivity contribution >= 4 is 6.09 Å². The van der Waals surface area contributed by atoms with E-state index in [4.69, 9.17) is 28.4 Å². The number of aliphatic hydroxyl groups is 1. The number of aliphatic hydroxyl groups excluding tert-OH is 1. The van der Waals surface area contributed by atoms with Gasteiger partial charge in [0, 0.05) is 19.7 Å². The standard InChI is InChI=1S/C48H55NO8/c50-44-43(37-52-33-39-22-10-4-11-23-39)57-47(46(55-35-41-26-14-6-15-27-41)45(44)54-34-40-24-12-5-13-25-40)53-31-19-2-1-18-30-49(32-38-20-8-3-9-21-38)48(51)56-36-42-28-16-7-17-29-42/h3-17,20-29,43-47,50H,1-2,18-19,30-37H2/t43-,44+,45+,46-,47-/m1/s1. The molecule has 1 aliphatic rings. The summed E-state index contributed by atoms with van der Waals surface area (Å²) in [4.78, 5) is 15.0. The van der Waals surface area contributed by atoms with Gasteiger partial charge in [-0.2, -0.15) is 0 Å². The number of amides is 1. The average molecular weight is 774 g/mol. The number of unbranched alkanes of at least 4 members (excludes halogenated alkanes) is 3. The monoisotopic (exact) mass is 773 g/mol. The van der Waals surface area contributed by atoms with Gasteiger partial charge >= 0.3 is 6.09 Å². The van der Waals surface area contributed by atoms with Crippen molar-refractivity contribution in [3.8, 4) is 0 Å². The second kappa shape index (κ2) is 23.4. The molecule has 5 atom stereocenters. The van der Waals surface area contributed by atoms with Gasteiger partial charge in [-0.15, -0.1) is 0 Å². The van der Waals surface area contributed by atoms with Crippen LogP contribution in [0.2, 0.25) is 0 Å². The first kappa shape index (κ1) is 41.8. The topological polar surface area (TPSA) is 95.9 Å². The van der Waals surface area contributed by atoms with Crippen LogP contribution in [-0.2, 0) is 61.4 Å². The molecule has 0 aliphatic carbocycles. The summed E-state index contributed by atoms with van der Waals surface area (Å²) in [5.74, 6) is 0. The minimum atomic E-state index is -1.02. The third kappa shape index (κ3) is 13.9. The van der Waals surface area contributed by atoms with E-state index in [0.717, 1.165) is 53.5 Å². The van der Waals surface area contributed by atoms with Crippen LogP contribution in [0.15, 0.2) is 152 Å². The van der Waals surface area contributed by atoms with Gasteiger partial charge < -0.3 is 38.4 Å². The summed E-state index contributed by atoms with van der Waals surface area (Å²) >= 11 is 0. The molecule has 57 heavy (non-hydrogen) atoms. The van der Waals surface area contributed by atoms with Crippen LogP contribution in [0.25, 0.3) is 0 Å². The van der Waals surface area contributed by atoms with E-state index in [2.05, 4.69) is 0 Å². The maximum Gasteiger partial charge on any atom is 0.410 e. The van der Waals surface area contributed by atoms with Crippen molar-refractivity contribution in [2.24, 2.45) is 0 Å². The third-order valence-electron chi connectivity index (χ3n) is 9.87. The van der Waals surface area contributed by atoms with Crippen molar-refractivity contribution in [2.75, 3.05) is 19.8 Å². The quantitative estimate of drug-likeness (QED) is 0.0698. The van der Waals surface area contributed by atoms with Gasteiger partial charge in [-0.25, -0.2) is 4.79 Å². The first-order chi connectivity index (χ1) is 28.1. The molecule has 9 nitrogen and oxygen atoms in total. The van der Waals surface area contributed by atoms with Crippen LogP contribution in [-0.4, -0.2) is 66.6 Å². The van der Waals surface area contributed by atoms with E-state index < -0.39 is 30.7 Å². The van der Waals surface area contributed by atoms with Gasteiger partial charge in [0.2, 0.25) is 0 Å². The Kier molecular flexibility index (Phi) is 17.1. The number of carbonyl (C=O) groups excluding carboxylic acids is 1. The highest BCUT2D eigenvalue weighted by Gasteiger charge is 2.47. The number of benzene rings is 5. The predicted molar refractivity (Wildman–Crippen MR) is 219 cm³/mol. The van der Waals surface area contributed by atoms with Crippen LogP contribution in [0.5, 0.6) is 0 Å². The van der Waals surface area contributed by atoms with Crippen LogP contribution in [0, 0.1) is 0 Å². The Hall–Kier alpha value is -4.87. The molecule has 1 saturated heterocycles. The lowest BCUT2D eigenvalue weighted by Crippen LogP contribution is -2.61. The van der Waals surface area contributed by atoms with Crippen molar-refractivity contribution in [1.82, 2.24) is 4.90 Å². The molecule has 1 amide bonds. The molecule has 6 rings (SSSR count). The average Bonchev–Trinajstić information content (AvgIpc) is 3.26. The Morgan fingerprint density at radius 1 is 0.544 bits per heavy atom. The minimum absolute atomic E-state index is 0.153. The summed E-state index contributed by atoms with van der Waals surface area (Å²) in [6.07, 6.45) is -0.916. The number of hydrogen-bond donors (Lipinski definition) is 1. The van der Waals surface area contributed by atoms with Gasteiger partial charge in [0.05, 0.1) is 26.4 Å². The molecule has 9 heteroatoms. The molecule has 300 valence electrons. The maximum absolute atomic E-state index is 13.2. The fourth-order valence-electron chi connectivity index (χ4n) is 6.74. The number of nitrogens with zero attached hydrogens (tertiary/aromatic N) is 1. The molecule has 1 aliphatic heterocycles. The summed E-state index contributed by atoms with van der Waals surface area (Å²) in [6, 6.07) is 49.4. The highest BCUT2D eigenvalue weighted by molar-refractivity contribution is 5.67. The predicted octanol–water partition coefficient (Wildman–Crippen LogP) is 8.88. The van der Waals surface area contributed by atoms with Crippen molar-refractivity contribution in [2.45, 2.75) is 89.4 Å². The van der Waals surface area contributed by atoms with Gasteiger partial charge in [0.25, 0.3) is 0 Å². The second-order valence-corrected chi connectivity index (χ2v) is 14.3. The Bertz CT molecular complexity index is 1820. The Morgan fingerprint density at radius 2 is 1.02 bits per heavy atom. The highest BCUT2D eigenvalue weighted by atomic mass is 16.7. The third-order valence-corrected chi connectivity index (χ3v) is 9.87. The zero-order valence-corrected chi connectivity index (χ0v) is 32.6. The Morgan fingerprint density at radius 3 is 1.58 bits per heavy atom. The van der Waals surface area contributed by atoms with E-state index >= 15 is 0 Å². The molecule has 0 bridgehead atoms. The molecule has 1 heterocycles. The minimum Gasteiger partial charge on any atom is -0.445 e. The van der Waals surface area contributed by atoms with E-state index in [-0.39, 0.29) is 19.3 Å². The molecular weight excluding hydrogens is 719 g/mol. The number of hydrogen-bond acceptors (Lipinski definition) is 8.